The van der Waals surface area contributed by atoms with Crippen LogP contribution in [-0.4, -0.2) is 38.4 Å². The maximum absolute atomic E-state index is 13.5. The number of nitrogens with one attached hydrogen (secondary N) is 1. The number of likely N-dealkylation sites (tertiary alicyclic amines) is 1. The number of nitrogens with zero attached hydrogens (tertiary/aromatic N) is 1. The largest absolute Gasteiger partial charge is 0.341 e. The summed E-state index contributed by atoms with van der Waals surface area (Å²) in [6.07, 6.45) is 3.17. The van der Waals surface area contributed by atoms with Crippen molar-refractivity contribution in [1.82, 2.24) is 9.62 Å². The van der Waals surface area contributed by atoms with Gasteiger partial charge in [-0.2, -0.15) is 4.72 Å². The van der Waals surface area contributed by atoms with Crippen LogP contribution in [0, 0.1) is 5.92 Å². The van der Waals surface area contributed by atoms with Crippen molar-refractivity contribution in [3.63, 3.8) is 0 Å². The predicted octanol–water partition coefficient (Wildman–Crippen LogP) is 4.06. The van der Waals surface area contributed by atoms with Gasteiger partial charge >= 0.3 is 0 Å². The van der Waals surface area contributed by atoms with E-state index in [1.807, 2.05) is 41.3 Å². The summed E-state index contributed by atoms with van der Waals surface area (Å²) in [5.41, 5.74) is 2.24. The van der Waals surface area contributed by atoms with Crippen LogP contribution < -0.4 is 4.72 Å². The van der Waals surface area contributed by atoms with E-state index in [0.717, 1.165) is 24.8 Å². The normalized spacial score (nSPS) is 15.8. The van der Waals surface area contributed by atoms with Crippen LogP contribution in [0.1, 0.15) is 24.0 Å². The molecule has 3 aromatic carbocycles. The molecule has 3 aromatic rings. The molecule has 1 fully saturated rings. The summed E-state index contributed by atoms with van der Waals surface area (Å²) in [4.78, 5) is 15.5. The molecule has 0 aliphatic carbocycles. The number of carbonyl (C=O) groups is 1. The van der Waals surface area contributed by atoms with E-state index in [2.05, 4.69) is 29.0 Å². The first-order valence-corrected chi connectivity index (χ1v) is 12.9. The first-order chi connectivity index (χ1) is 16.0. The van der Waals surface area contributed by atoms with E-state index < -0.39 is 16.1 Å². The average molecular weight is 463 g/mol. The first-order valence-electron chi connectivity index (χ1n) is 11.5. The number of sulfonamides is 1. The maximum atomic E-state index is 13.5. The van der Waals surface area contributed by atoms with Gasteiger partial charge in [0.05, 0.1) is 4.90 Å². The molecular weight excluding hydrogens is 432 g/mol. The molecule has 6 heteroatoms. The van der Waals surface area contributed by atoms with E-state index in [1.54, 1.807) is 30.3 Å². The summed E-state index contributed by atoms with van der Waals surface area (Å²) in [6, 6.07) is 27.3. The van der Waals surface area contributed by atoms with Gasteiger partial charge in [-0.15, -0.1) is 0 Å². The molecular formula is C27H30N2O3S. The number of hydrogen-bond acceptors (Lipinski definition) is 3. The van der Waals surface area contributed by atoms with Crippen molar-refractivity contribution in [3.05, 3.63) is 102 Å². The molecule has 5 nitrogen and oxygen atoms in total. The Morgan fingerprint density at radius 1 is 0.818 bits per heavy atom. The molecule has 0 bridgehead atoms. The van der Waals surface area contributed by atoms with Crippen LogP contribution >= 0.6 is 0 Å². The van der Waals surface area contributed by atoms with Gasteiger partial charge < -0.3 is 4.90 Å². The number of carbonyl (C=O) groups excluding carboxylic acids is 1. The zero-order valence-corrected chi connectivity index (χ0v) is 19.5. The van der Waals surface area contributed by atoms with Gasteiger partial charge in [-0.25, -0.2) is 8.42 Å². The fraction of sp³-hybridized carbons (Fsp3) is 0.296. The molecule has 1 saturated heterocycles. The highest BCUT2D eigenvalue weighted by Crippen LogP contribution is 2.23. The van der Waals surface area contributed by atoms with Crippen LogP contribution in [0.3, 0.4) is 0 Å². The van der Waals surface area contributed by atoms with Gasteiger partial charge in [0.15, 0.2) is 0 Å². The Kier molecular flexibility index (Phi) is 7.57. The molecule has 1 N–H and O–H groups in total. The highest BCUT2D eigenvalue weighted by Gasteiger charge is 2.31. The number of benzene rings is 3. The predicted molar refractivity (Wildman–Crippen MR) is 130 cm³/mol. The van der Waals surface area contributed by atoms with Crippen molar-refractivity contribution >= 4 is 15.9 Å². The molecule has 33 heavy (non-hydrogen) atoms. The number of hydrogen-bond donors (Lipinski definition) is 1. The number of piperidine rings is 1. The van der Waals surface area contributed by atoms with Crippen LogP contribution in [0.15, 0.2) is 95.9 Å². The van der Waals surface area contributed by atoms with Crippen molar-refractivity contribution in [2.75, 3.05) is 13.1 Å². The molecule has 0 radical (unpaired) electrons. The van der Waals surface area contributed by atoms with Gasteiger partial charge in [0.25, 0.3) is 0 Å². The molecule has 0 saturated carbocycles. The summed E-state index contributed by atoms with van der Waals surface area (Å²) in [6.45, 7) is 1.30. The van der Waals surface area contributed by atoms with E-state index in [4.69, 9.17) is 0 Å². The molecule has 1 amide bonds. The Morgan fingerprint density at radius 2 is 1.33 bits per heavy atom. The third-order valence-corrected chi connectivity index (χ3v) is 7.71. The number of rotatable bonds is 8. The minimum atomic E-state index is -3.81. The van der Waals surface area contributed by atoms with Crippen LogP contribution in [-0.2, 0) is 27.7 Å². The zero-order chi connectivity index (χ0) is 23.1. The summed E-state index contributed by atoms with van der Waals surface area (Å²) in [5.74, 6) is 0.376. The molecule has 0 aromatic heterocycles. The fourth-order valence-electron chi connectivity index (χ4n) is 4.41. The summed E-state index contributed by atoms with van der Waals surface area (Å²) in [7, 11) is -3.81. The second-order valence-electron chi connectivity index (χ2n) is 8.64. The van der Waals surface area contributed by atoms with Gasteiger partial charge in [-0.1, -0.05) is 78.9 Å². The lowest BCUT2D eigenvalue weighted by Gasteiger charge is -2.34. The van der Waals surface area contributed by atoms with Crippen molar-refractivity contribution in [1.29, 1.82) is 0 Å². The lowest BCUT2D eigenvalue weighted by atomic mass is 9.90. The Bertz CT molecular complexity index is 1130. The van der Waals surface area contributed by atoms with E-state index in [0.29, 0.717) is 25.4 Å². The Hall–Kier alpha value is -2.96. The Balaban J connectivity index is 1.45. The van der Waals surface area contributed by atoms with Crippen molar-refractivity contribution in [2.45, 2.75) is 36.6 Å². The van der Waals surface area contributed by atoms with Gasteiger partial charge in [-0.05, 0) is 54.9 Å². The molecule has 172 valence electrons. The molecule has 1 heterocycles. The van der Waals surface area contributed by atoms with Crippen LogP contribution in [0.4, 0.5) is 0 Å². The Morgan fingerprint density at radius 3 is 1.91 bits per heavy atom. The van der Waals surface area contributed by atoms with E-state index in [9.17, 15) is 13.2 Å². The monoisotopic (exact) mass is 462 g/mol. The quantitative estimate of drug-likeness (QED) is 0.549. The summed E-state index contributed by atoms with van der Waals surface area (Å²) in [5, 5.41) is 0. The summed E-state index contributed by atoms with van der Waals surface area (Å²) >= 11 is 0. The van der Waals surface area contributed by atoms with Crippen molar-refractivity contribution in [2.24, 2.45) is 5.92 Å². The third-order valence-electron chi connectivity index (χ3n) is 6.23. The standard InChI is InChI=1S/C27H30N2O3S/c30-27(29-18-16-24(17-19-29)20-22-10-4-1-5-11-22)26(21-23-12-6-2-7-13-23)28-33(31,32)25-14-8-3-9-15-25/h1-15,24,26,28H,16-21H2. The minimum absolute atomic E-state index is 0.156. The van der Waals surface area contributed by atoms with Crippen LogP contribution in [0.25, 0.3) is 0 Å². The minimum Gasteiger partial charge on any atom is -0.341 e. The van der Waals surface area contributed by atoms with Crippen LogP contribution in [0.2, 0.25) is 0 Å². The topological polar surface area (TPSA) is 66.5 Å². The highest BCUT2D eigenvalue weighted by atomic mass is 32.2. The molecule has 1 aliphatic heterocycles. The Labute approximate surface area is 196 Å². The van der Waals surface area contributed by atoms with Gasteiger partial charge in [0.2, 0.25) is 15.9 Å². The lowest BCUT2D eigenvalue weighted by Crippen LogP contribution is -2.51. The van der Waals surface area contributed by atoms with Crippen molar-refractivity contribution in [3.8, 4) is 0 Å². The summed E-state index contributed by atoms with van der Waals surface area (Å²) < 4.78 is 28.7. The van der Waals surface area contributed by atoms with Gasteiger partial charge in [0.1, 0.15) is 6.04 Å². The van der Waals surface area contributed by atoms with Crippen LogP contribution in [0.5, 0.6) is 0 Å². The zero-order valence-electron chi connectivity index (χ0n) is 18.6. The fourth-order valence-corrected chi connectivity index (χ4v) is 5.62. The smallest absolute Gasteiger partial charge is 0.241 e. The van der Waals surface area contributed by atoms with E-state index in [1.165, 1.54) is 5.56 Å². The maximum Gasteiger partial charge on any atom is 0.241 e. The molecule has 1 atom stereocenters. The molecule has 4 rings (SSSR count). The first kappa shape index (κ1) is 23.2. The molecule has 1 aliphatic rings. The number of amides is 1. The lowest BCUT2D eigenvalue weighted by molar-refractivity contribution is -0.134. The molecule has 1 unspecified atom stereocenters. The second-order valence-corrected chi connectivity index (χ2v) is 10.3. The van der Waals surface area contributed by atoms with E-state index in [-0.39, 0.29) is 10.8 Å². The SMILES string of the molecule is O=C(C(Cc1ccccc1)NS(=O)(=O)c1ccccc1)N1CCC(Cc2ccccc2)CC1. The van der Waals surface area contributed by atoms with E-state index >= 15 is 0 Å². The second kappa shape index (κ2) is 10.8. The molecule has 0 spiro atoms. The average Bonchev–Trinajstić information content (AvgIpc) is 2.85. The van der Waals surface area contributed by atoms with Crippen molar-refractivity contribution < 1.29 is 13.2 Å². The third kappa shape index (κ3) is 6.30. The van der Waals surface area contributed by atoms with Gasteiger partial charge in [0, 0.05) is 13.1 Å². The van der Waals surface area contributed by atoms with Gasteiger partial charge in [-0.3, -0.25) is 4.79 Å². The highest BCUT2D eigenvalue weighted by molar-refractivity contribution is 7.89.